The van der Waals surface area contributed by atoms with Crippen molar-refractivity contribution in [3.63, 3.8) is 0 Å². The van der Waals surface area contributed by atoms with E-state index in [4.69, 9.17) is 0 Å². The lowest BCUT2D eigenvalue weighted by atomic mass is 10.0. The molecule has 0 spiro atoms. The fourth-order valence-corrected chi connectivity index (χ4v) is 3.35. The largest absolute Gasteiger partial charge is 0.508 e. The van der Waals surface area contributed by atoms with Crippen molar-refractivity contribution in [3.05, 3.63) is 59.7 Å². The highest BCUT2D eigenvalue weighted by Crippen LogP contribution is 2.40. The molecule has 0 fully saturated rings. The average molecular weight is 267 g/mol. The predicted octanol–water partition coefficient (Wildman–Crippen LogP) is 4.29. The topological polar surface area (TPSA) is 23.5 Å². The summed E-state index contributed by atoms with van der Waals surface area (Å²) in [5.41, 5.74) is 4.08. The van der Waals surface area contributed by atoms with Gasteiger partial charge in [-0.25, -0.2) is 0 Å². The molecule has 2 nitrogen and oxygen atoms in total. The monoisotopic (exact) mass is 267 g/mol. The van der Waals surface area contributed by atoms with Crippen LogP contribution in [0.4, 0.5) is 5.69 Å². The Morgan fingerprint density at radius 3 is 2.55 bits per heavy atom. The number of hydrogen-bond donors (Lipinski definition) is 1. The van der Waals surface area contributed by atoms with Crippen LogP contribution in [-0.4, -0.2) is 11.1 Å². The standard InChI is InChI=1S/C18H21NO/c1-3-17(14-8-10-16(20)11-9-14)19-13(2)12-15-6-4-5-7-18(15)19/h4-11,13,17,20H,3,12H2,1-2H3. The average Bonchev–Trinajstić information content (AvgIpc) is 2.79. The number of nitrogens with zero attached hydrogens (tertiary/aromatic N) is 1. The lowest BCUT2D eigenvalue weighted by Gasteiger charge is -2.34. The first-order valence-electron chi connectivity index (χ1n) is 7.36. The van der Waals surface area contributed by atoms with Crippen LogP contribution in [0.5, 0.6) is 5.75 Å². The van der Waals surface area contributed by atoms with E-state index in [0.717, 1.165) is 12.8 Å². The molecule has 20 heavy (non-hydrogen) atoms. The van der Waals surface area contributed by atoms with E-state index in [9.17, 15) is 5.11 Å². The first kappa shape index (κ1) is 13.0. The van der Waals surface area contributed by atoms with Crippen molar-refractivity contribution in [1.82, 2.24) is 0 Å². The van der Waals surface area contributed by atoms with Gasteiger partial charge in [-0.15, -0.1) is 0 Å². The molecule has 2 aromatic carbocycles. The van der Waals surface area contributed by atoms with Crippen LogP contribution in [0, 0.1) is 0 Å². The minimum Gasteiger partial charge on any atom is -0.508 e. The first-order chi connectivity index (χ1) is 9.70. The van der Waals surface area contributed by atoms with Crippen molar-refractivity contribution >= 4 is 5.69 Å². The molecule has 2 unspecified atom stereocenters. The summed E-state index contributed by atoms with van der Waals surface area (Å²) in [4.78, 5) is 2.53. The normalized spacial score (nSPS) is 18.9. The summed E-state index contributed by atoms with van der Waals surface area (Å²) in [6.45, 7) is 4.52. The quantitative estimate of drug-likeness (QED) is 0.896. The third-order valence-corrected chi connectivity index (χ3v) is 4.26. The second kappa shape index (κ2) is 5.20. The molecule has 1 aliphatic heterocycles. The van der Waals surface area contributed by atoms with Crippen LogP contribution in [0.1, 0.15) is 37.4 Å². The van der Waals surface area contributed by atoms with Gasteiger partial charge in [-0.05, 0) is 49.1 Å². The van der Waals surface area contributed by atoms with E-state index < -0.39 is 0 Å². The molecule has 2 aromatic rings. The van der Waals surface area contributed by atoms with Crippen molar-refractivity contribution in [2.45, 2.75) is 38.8 Å². The number of rotatable bonds is 3. The molecule has 0 aromatic heterocycles. The molecule has 1 N–H and O–H groups in total. The van der Waals surface area contributed by atoms with E-state index in [0.29, 0.717) is 17.8 Å². The van der Waals surface area contributed by atoms with Crippen LogP contribution in [0.25, 0.3) is 0 Å². The van der Waals surface area contributed by atoms with Gasteiger partial charge in [-0.3, -0.25) is 0 Å². The van der Waals surface area contributed by atoms with Gasteiger partial charge in [0.15, 0.2) is 0 Å². The summed E-state index contributed by atoms with van der Waals surface area (Å²) in [6.07, 6.45) is 2.17. The molecule has 2 atom stereocenters. The number of benzene rings is 2. The first-order valence-corrected chi connectivity index (χ1v) is 7.36. The van der Waals surface area contributed by atoms with Gasteiger partial charge >= 0.3 is 0 Å². The maximum atomic E-state index is 9.47. The van der Waals surface area contributed by atoms with Crippen molar-refractivity contribution < 1.29 is 5.11 Å². The van der Waals surface area contributed by atoms with Crippen LogP contribution in [-0.2, 0) is 6.42 Å². The summed E-state index contributed by atoms with van der Waals surface area (Å²) in [6, 6.07) is 17.2. The Kier molecular flexibility index (Phi) is 3.39. The smallest absolute Gasteiger partial charge is 0.115 e. The number of fused-ring (bicyclic) bond motifs is 1. The second-order valence-electron chi connectivity index (χ2n) is 5.60. The fraction of sp³-hybridized carbons (Fsp3) is 0.333. The van der Waals surface area contributed by atoms with E-state index >= 15 is 0 Å². The van der Waals surface area contributed by atoms with Crippen molar-refractivity contribution in [2.24, 2.45) is 0 Å². The van der Waals surface area contributed by atoms with Crippen LogP contribution in [0.15, 0.2) is 48.5 Å². The maximum Gasteiger partial charge on any atom is 0.115 e. The van der Waals surface area contributed by atoms with E-state index in [1.54, 1.807) is 12.1 Å². The van der Waals surface area contributed by atoms with Gasteiger partial charge < -0.3 is 10.0 Å². The third kappa shape index (κ3) is 2.15. The third-order valence-electron chi connectivity index (χ3n) is 4.26. The minimum absolute atomic E-state index is 0.332. The highest BCUT2D eigenvalue weighted by atomic mass is 16.3. The summed E-state index contributed by atoms with van der Waals surface area (Å²) < 4.78 is 0. The van der Waals surface area contributed by atoms with E-state index in [1.165, 1.54) is 16.8 Å². The number of hydrogen-bond acceptors (Lipinski definition) is 2. The molecule has 0 saturated carbocycles. The van der Waals surface area contributed by atoms with Gasteiger partial charge in [0.2, 0.25) is 0 Å². The molecule has 104 valence electrons. The minimum atomic E-state index is 0.332. The second-order valence-corrected chi connectivity index (χ2v) is 5.60. The summed E-state index contributed by atoms with van der Waals surface area (Å²) in [5, 5.41) is 9.47. The van der Waals surface area contributed by atoms with Crippen molar-refractivity contribution in [1.29, 1.82) is 0 Å². The number of phenolic OH excluding ortho intramolecular Hbond substituents is 1. The Morgan fingerprint density at radius 1 is 1.15 bits per heavy atom. The van der Waals surface area contributed by atoms with Gasteiger partial charge in [-0.1, -0.05) is 37.3 Å². The molecule has 0 radical (unpaired) electrons. The van der Waals surface area contributed by atoms with Gasteiger partial charge in [0.25, 0.3) is 0 Å². The van der Waals surface area contributed by atoms with Gasteiger partial charge in [-0.2, -0.15) is 0 Å². The molecule has 0 bridgehead atoms. The molecule has 1 heterocycles. The highest BCUT2D eigenvalue weighted by molar-refractivity contribution is 5.60. The fourth-order valence-electron chi connectivity index (χ4n) is 3.35. The van der Waals surface area contributed by atoms with Crippen molar-refractivity contribution in [2.75, 3.05) is 4.90 Å². The lowest BCUT2D eigenvalue weighted by Crippen LogP contribution is -2.33. The Labute approximate surface area is 120 Å². The molecule has 0 amide bonds. The van der Waals surface area contributed by atoms with Gasteiger partial charge in [0.1, 0.15) is 5.75 Å². The molecule has 0 saturated heterocycles. The summed E-state index contributed by atoms with van der Waals surface area (Å²) in [5.74, 6) is 0.332. The van der Waals surface area contributed by atoms with Crippen LogP contribution >= 0.6 is 0 Å². The molecule has 3 rings (SSSR count). The maximum absolute atomic E-state index is 9.47. The Morgan fingerprint density at radius 2 is 1.85 bits per heavy atom. The van der Waals surface area contributed by atoms with E-state index in [1.807, 2.05) is 12.1 Å². The number of para-hydroxylation sites is 1. The molecule has 0 aliphatic carbocycles. The van der Waals surface area contributed by atoms with Gasteiger partial charge in [0.05, 0.1) is 6.04 Å². The Bertz CT molecular complexity index is 591. The zero-order valence-electron chi connectivity index (χ0n) is 12.1. The summed E-state index contributed by atoms with van der Waals surface area (Å²) >= 11 is 0. The van der Waals surface area contributed by atoms with E-state index in [-0.39, 0.29) is 0 Å². The van der Waals surface area contributed by atoms with Gasteiger partial charge in [0, 0.05) is 11.7 Å². The Balaban J connectivity index is 1.99. The molecule has 2 heteroatoms. The highest BCUT2D eigenvalue weighted by Gasteiger charge is 2.31. The molecular weight excluding hydrogens is 246 g/mol. The van der Waals surface area contributed by atoms with Crippen LogP contribution in [0.3, 0.4) is 0 Å². The SMILES string of the molecule is CCC(c1ccc(O)cc1)N1c2ccccc2CC1C. The lowest BCUT2D eigenvalue weighted by molar-refractivity contribution is 0.474. The van der Waals surface area contributed by atoms with Crippen LogP contribution in [0.2, 0.25) is 0 Å². The molecular formula is C18H21NO. The molecule has 1 aliphatic rings. The van der Waals surface area contributed by atoms with Crippen LogP contribution < -0.4 is 4.90 Å². The van der Waals surface area contributed by atoms with Crippen molar-refractivity contribution in [3.8, 4) is 5.75 Å². The number of aromatic hydroxyl groups is 1. The van der Waals surface area contributed by atoms with E-state index in [2.05, 4.69) is 43.0 Å². The number of anilines is 1. The zero-order chi connectivity index (χ0) is 14.1. The Hall–Kier alpha value is -1.96. The predicted molar refractivity (Wildman–Crippen MR) is 83.2 cm³/mol. The zero-order valence-corrected chi connectivity index (χ0v) is 12.1. The summed E-state index contributed by atoms with van der Waals surface area (Å²) in [7, 11) is 0. The number of phenols is 1.